The Bertz CT molecular complexity index is 507. The number of esters is 1. The molecule has 0 saturated carbocycles. The summed E-state index contributed by atoms with van der Waals surface area (Å²) in [6, 6.07) is 5.08. The molecule has 0 radical (unpaired) electrons. The molecule has 0 aliphatic heterocycles. The molecule has 6 heteroatoms. The number of ether oxygens (including phenoxy) is 1. The molecule has 1 unspecified atom stereocenters. The molecule has 100 valence electrons. The van der Waals surface area contributed by atoms with Crippen molar-refractivity contribution in [3.63, 3.8) is 0 Å². The zero-order valence-electron chi connectivity index (χ0n) is 10.4. The van der Waals surface area contributed by atoms with Crippen LogP contribution in [0.1, 0.15) is 25.5 Å². The molecule has 0 aromatic heterocycles. The van der Waals surface area contributed by atoms with E-state index in [1.807, 2.05) is 0 Å². The Hall–Kier alpha value is -1.40. The van der Waals surface area contributed by atoms with Gasteiger partial charge in [0, 0.05) is 0 Å². The van der Waals surface area contributed by atoms with Crippen molar-refractivity contribution in [2.45, 2.75) is 24.8 Å². The number of hydrogen-bond donors (Lipinski definition) is 1. The van der Waals surface area contributed by atoms with Crippen LogP contribution >= 0.6 is 0 Å². The summed E-state index contributed by atoms with van der Waals surface area (Å²) in [4.78, 5) is 11.6. The van der Waals surface area contributed by atoms with Gasteiger partial charge < -0.3 is 10.5 Å². The molecule has 5 nitrogen and oxygen atoms in total. The van der Waals surface area contributed by atoms with E-state index in [0.717, 1.165) is 0 Å². The van der Waals surface area contributed by atoms with Crippen LogP contribution in [0.25, 0.3) is 0 Å². The summed E-state index contributed by atoms with van der Waals surface area (Å²) in [5.41, 5.74) is 6.22. The summed E-state index contributed by atoms with van der Waals surface area (Å²) in [6.45, 7) is 3.53. The highest BCUT2D eigenvalue weighted by Gasteiger charge is 2.18. The van der Waals surface area contributed by atoms with Crippen LogP contribution in [0.5, 0.6) is 0 Å². The Morgan fingerprint density at radius 3 is 2.28 bits per heavy atom. The summed E-state index contributed by atoms with van der Waals surface area (Å²) >= 11 is 0. The first kappa shape index (κ1) is 14.7. The van der Waals surface area contributed by atoms with Crippen LogP contribution in [0.3, 0.4) is 0 Å². The standard InChI is InChI=1S/C12H17NO4S/c1-3-17-12(14)11(13)9-5-7-10(8-6-9)18(15,16)4-2/h5-8,11H,3-4,13H2,1-2H3. The van der Waals surface area contributed by atoms with Gasteiger partial charge in [-0.1, -0.05) is 19.1 Å². The van der Waals surface area contributed by atoms with Crippen molar-refractivity contribution < 1.29 is 17.9 Å². The quantitative estimate of drug-likeness (QED) is 0.809. The SMILES string of the molecule is CCOC(=O)C(N)c1ccc(S(=O)(=O)CC)cc1. The third-order valence-corrected chi connectivity index (χ3v) is 4.27. The number of rotatable bonds is 5. The first-order valence-electron chi connectivity index (χ1n) is 5.67. The van der Waals surface area contributed by atoms with Crippen LogP contribution in [0, 0.1) is 0 Å². The highest BCUT2D eigenvalue weighted by atomic mass is 32.2. The highest BCUT2D eigenvalue weighted by Crippen LogP contribution is 2.17. The predicted molar refractivity (Wildman–Crippen MR) is 67.7 cm³/mol. The maximum atomic E-state index is 11.6. The third kappa shape index (κ3) is 3.30. The number of carbonyl (C=O) groups excluding carboxylic acids is 1. The van der Waals surface area contributed by atoms with E-state index >= 15 is 0 Å². The fraction of sp³-hybridized carbons (Fsp3) is 0.417. The summed E-state index contributed by atoms with van der Waals surface area (Å²) in [5, 5.41) is 0. The molecule has 2 N–H and O–H groups in total. The lowest BCUT2D eigenvalue weighted by Crippen LogP contribution is -2.23. The summed E-state index contributed by atoms with van der Waals surface area (Å²) < 4.78 is 28.0. The van der Waals surface area contributed by atoms with E-state index in [9.17, 15) is 13.2 Å². The molecule has 0 bridgehead atoms. The molecule has 0 saturated heterocycles. The second-order valence-corrected chi connectivity index (χ2v) is 5.98. The van der Waals surface area contributed by atoms with Crippen LogP contribution in [0.4, 0.5) is 0 Å². The fourth-order valence-corrected chi connectivity index (χ4v) is 2.30. The van der Waals surface area contributed by atoms with Crippen molar-refractivity contribution in [3.05, 3.63) is 29.8 Å². The number of benzene rings is 1. The molecule has 0 heterocycles. The monoisotopic (exact) mass is 271 g/mol. The van der Waals surface area contributed by atoms with Crippen LogP contribution in [-0.2, 0) is 19.4 Å². The molecule has 1 aromatic carbocycles. The van der Waals surface area contributed by atoms with Gasteiger partial charge in [-0.3, -0.25) is 0 Å². The van der Waals surface area contributed by atoms with Gasteiger partial charge >= 0.3 is 5.97 Å². The minimum atomic E-state index is -3.23. The molecular formula is C12H17NO4S. The largest absolute Gasteiger partial charge is 0.465 e. The van der Waals surface area contributed by atoms with Crippen LogP contribution < -0.4 is 5.73 Å². The molecular weight excluding hydrogens is 254 g/mol. The Kier molecular flexibility index (Phi) is 4.86. The van der Waals surface area contributed by atoms with Gasteiger partial charge in [-0.15, -0.1) is 0 Å². The van der Waals surface area contributed by atoms with Crippen molar-refractivity contribution >= 4 is 15.8 Å². The predicted octanol–water partition coefficient (Wildman–Crippen LogP) is 1.04. The van der Waals surface area contributed by atoms with Crippen molar-refractivity contribution in [2.75, 3.05) is 12.4 Å². The molecule has 0 spiro atoms. The van der Waals surface area contributed by atoms with Crippen LogP contribution in [0.15, 0.2) is 29.2 Å². The van der Waals surface area contributed by atoms with E-state index in [1.54, 1.807) is 13.8 Å². The van der Waals surface area contributed by atoms with Crippen molar-refractivity contribution in [2.24, 2.45) is 5.73 Å². The van der Waals surface area contributed by atoms with Gasteiger partial charge in [0.25, 0.3) is 0 Å². The second kappa shape index (κ2) is 5.97. The van der Waals surface area contributed by atoms with Gasteiger partial charge in [0.1, 0.15) is 6.04 Å². The first-order valence-corrected chi connectivity index (χ1v) is 7.32. The molecule has 0 aliphatic carbocycles. The second-order valence-electron chi connectivity index (χ2n) is 3.70. The molecule has 18 heavy (non-hydrogen) atoms. The Morgan fingerprint density at radius 1 is 1.28 bits per heavy atom. The number of hydrogen-bond acceptors (Lipinski definition) is 5. The van der Waals surface area contributed by atoms with Crippen molar-refractivity contribution in [3.8, 4) is 0 Å². The highest BCUT2D eigenvalue weighted by molar-refractivity contribution is 7.91. The molecule has 0 amide bonds. The lowest BCUT2D eigenvalue weighted by Gasteiger charge is -2.11. The Labute approximate surface area is 107 Å². The lowest BCUT2D eigenvalue weighted by atomic mass is 10.1. The van der Waals surface area contributed by atoms with Gasteiger partial charge in [-0.2, -0.15) is 0 Å². The van der Waals surface area contributed by atoms with Gasteiger partial charge in [0.05, 0.1) is 17.3 Å². The Balaban J connectivity index is 2.93. The minimum absolute atomic E-state index is 0.0380. The van der Waals surface area contributed by atoms with E-state index in [4.69, 9.17) is 10.5 Å². The van der Waals surface area contributed by atoms with E-state index in [2.05, 4.69) is 0 Å². The molecule has 1 atom stereocenters. The summed E-state index contributed by atoms with van der Waals surface area (Å²) in [7, 11) is -3.23. The molecule has 1 rings (SSSR count). The van der Waals surface area contributed by atoms with Gasteiger partial charge in [0.15, 0.2) is 9.84 Å². The number of sulfone groups is 1. The molecule has 0 aliphatic rings. The average Bonchev–Trinajstić information content (AvgIpc) is 2.38. The molecule has 1 aromatic rings. The van der Waals surface area contributed by atoms with Crippen LogP contribution in [-0.4, -0.2) is 26.7 Å². The minimum Gasteiger partial charge on any atom is -0.465 e. The van der Waals surface area contributed by atoms with E-state index < -0.39 is 21.8 Å². The normalized spacial score (nSPS) is 13.1. The van der Waals surface area contributed by atoms with Crippen molar-refractivity contribution in [1.82, 2.24) is 0 Å². The molecule has 0 fully saturated rings. The van der Waals surface area contributed by atoms with Gasteiger partial charge in [-0.05, 0) is 24.6 Å². The van der Waals surface area contributed by atoms with Crippen LogP contribution in [0.2, 0.25) is 0 Å². The van der Waals surface area contributed by atoms with Gasteiger partial charge in [0.2, 0.25) is 0 Å². The maximum Gasteiger partial charge on any atom is 0.327 e. The summed E-state index contributed by atoms with van der Waals surface area (Å²) in [5.74, 6) is -0.486. The smallest absolute Gasteiger partial charge is 0.327 e. The average molecular weight is 271 g/mol. The van der Waals surface area contributed by atoms with Crippen molar-refractivity contribution in [1.29, 1.82) is 0 Å². The van der Waals surface area contributed by atoms with E-state index in [0.29, 0.717) is 5.56 Å². The Morgan fingerprint density at radius 2 is 1.83 bits per heavy atom. The summed E-state index contributed by atoms with van der Waals surface area (Å²) in [6.07, 6.45) is 0. The van der Waals surface area contributed by atoms with E-state index in [-0.39, 0.29) is 17.3 Å². The zero-order chi connectivity index (χ0) is 13.8. The third-order valence-electron chi connectivity index (χ3n) is 2.52. The van der Waals surface area contributed by atoms with E-state index in [1.165, 1.54) is 24.3 Å². The fourth-order valence-electron chi connectivity index (χ4n) is 1.42. The zero-order valence-corrected chi connectivity index (χ0v) is 11.2. The first-order chi connectivity index (χ1) is 8.42. The number of carbonyl (C=O) groups is 1. The maximum absolute atomic E-state index is 11.6. The topological polar surface area (TPSA) is 86.5 Å². The van der Waals surface area contributed by atoms with Gasteiger partial charge in [-0.25, -0.2) is 13.2 Å². The lowest BCUT2D eigenvalue weighted by molar-refractivity contribution is -0.144. The number of nitrogens with two attached hydrogens (primary N) is 1.